The summed E-state index contributed by atoms with van der Waals surface area (Å²) in [5, 5.41) is 1.09. The van der Waals surface area contributed by atoms with Gasteiger partial charge in [0.25, 0.3) is 11.1 Å². The molecule has 0 saturated carbocycles. The van der Waals surface area contributed by atoms with Crippen molar-refractivity contribution in [2.24, 2.45) is 5.73 Å². The van der Waals surface area contributed by atoms with Crippen molar-refractivity contribution in [3.63, 3.8) is 0 Å². The number of hydrogen-bond donors (Lipinski definition) is 2. The minimum Gasteiger partial charge on any atom is -0.486 e. The Morgan fingerprint density at radius 2 is 1.89 bits per heavy atom. The van der Waals surface area contributed by atoms with Crippen LogP contribution in [0.4, 0.5) is 4.39 Å². The lowest BCUT2D eigenvalue weighted by Gasteiger charge is -2.06. The maximum atomic E-state index is 12.7. The first-order chi connectivity index (χ1) is 13.1. The Labute approximate surface area is 163 Å². The van der Waals surface area contributed by atoms with Crippen LogP contribution in [0.1, 0.15) is 21.3 Å². The molecule has 0 saturated heterocycles. The second-order valence-corrected chi connectivity index (χ2v) is 7.40. The van der Waals surface area contributed by atoms with Crippen molar-refractivity contribution in [3.8, 4) is 5.75 Å². The lowest BCUT2D eigenvalue weighted by atomic mass is 10.3. The molecule has 2 heterocycles. The van der Waals surface area contributed by atoms with Gasteiger partial charge in [0.15, 0.2) is 5.82 Å². The van der Waals surface area contributed by atoms with Gasteiger partial charge in [-0.1, -0.05) is 6.07 Å². The summed E-state index contributed by atoms with van der Waals surface area (Å²) in [4.78, 5) is 21.9. The van der Waals surface area contributed by atoms with Crippen molar-refractivity contribution in [3.05, 3.63) is 64.1 Å². The van der Waals surface area contributed by atoms with Gasteiger partial charge in [0.05, 0.1) is 4.88 Å². The zero-order valence-corrected chi connectivity index (χ0v) is 16.1. The van der Waals surface area contributed by atoms with Gasteiger partial charge in [-0.05, 0) is 42.6 Å². The smallest absolute Gasteiger partial charge is 0.330 e. The van der Waals surface area contributed by atoms with E-state index in [9.17, 15) is 17.6 Å². The highest BCUT2D eigenvalue weighted by molar-refractivity contribution is 7.85. The number of aromatic nitrogens is 3. The van der Waals surface area contributed by atoms with Crippen LogP contribution >= 0.6 is 11.3 Å². The molecule has 148 valence electrons. The number of nitrogens with two attached hydrogens (primary N) is 1. The van der Waals surface area contributed by atoms with Crippen molar-refractivity contribution in [1.82, 2.24) is 15.0 Å². The third-order valence-electron chi connectivity index (χ3n) is 2.95. The van der Waals surface area contributed by atoms with Crippen LogP contribution in [-0.4, -0.2) is 33.8 Å². The Morgan fingerprint density at radius 3 is 2.39 bits per heavy atom. The van der Waals surface area contributed by atoms with Gasteiger partial charge in [-0.3, -0.25) is 9.35 Å². The highest BCUT2D eigenvalue weighted by atomic mass is 32.2. The Kier molecular flexibility index (Phi) is 7.09. The number of thiophene rings is 1. The molecule has 0 bridgehead atoms. The summed E-state index contributed by atoms with van der Waals surface area (Å²) >= 11 is 1.36. The SMILES string of the molecule is Cc1nc(COc2ccc(F)cc2)nc(S(=O)(=O)O)n1.NC(=O)c1cccs1. The second kappa shape index (κ2) is 9.30. The number of carbonyl (C=O) groups excluding carboxylic acids is 1. The van der Waals surface area contributed by atoms with Gasteiger partial charge in [-0.2, -0.15) is 13.4 Å². The molecule has 0 radical (unpaired) electrons. The summed E-state index contributed by atoms with van der Waals surface area (Å²) in [5.41, 5.74) is 4.93. The predicted octanol–water partition coefficient (Wildman–Crippen LogP) is 1.99. The quantitative estimate of drug-likeness (QED) is 0.589. The Balaban J connectivity index is 0.000000292. The summed E-state index contributed by atoms with van der Waals surface area (Å²) in [7, 11) is -4.50. The maximum absolute atomic E-state index is 12.7. The lowest BCUT2D eigenvalue weighted by molar-refractivity contribution is 0.100. The lowest BCUT2D eigenvalue weighted by Crippen LogP contribution is -2.12. The van der Waals surface area contributed by atoms with Gasteiger partial charge in [-0.15, -0.1) is 11.3 Å². The molecule has 28 heavy (non-hydrogen) atoms. The van der Waals surface area contributed by atoms with Gasteiger partial charge >= 0.3 is 10.1 Å². The highest BCUT2D eigenvalue weighted by Crippen LogP contribution is 2.13. The van der Waals surface area contributed by atoms with E-state index in [1.165, 1.54) is 42.5 Å². The molecular formula is C16H15FN4O5S2. The van der Waals surface area contributed by atoms with Crippen LogP contribution in [0, 0.1) is 12.7 Å². The molecule has 0 aliphatic carbocycles. The van der Waals surface area contributed by atoms with Gasteiger partial charge < -0.3 is 10.5 Å². The first kappa shape index (κ1) is 21.3. The molecule has 9 nitrogen and oxygen atoms in total. The van der Waals surface area contributed by atoms with Crippen LogP contribution in [0.25, 0.3) is 0 Å². The molecule has 2 aromatic heterocycles. The van der Waals surface area contributed by atoms with Crippen molar-refractivity contribution in [1.29, 1.82) is 0 Å². The molecule has 0 aliphatic heterocycles. The van der Waals surface area contributed by atoms with Gasteiger partial charge in [0, 0.05) is 0 Å². The first-order valence-electron chi connectivity index (χ1n) is 7.56. The number of aryl methyl sites for hydroxylation is 1. The van der Waals surface area contributed by atoms with Crippen LogP contribution in [0.5, 0.6) is 5.75 Å². The number of ether oxygens (including phenoxy) is 1. The van der Waals surface area contributed by atoms with Crippen LogP contribution in [0.3, 0.4) is 0 Å². The Bertz CT molecular complexity index is 1040. The molecule has 0 fully saturated rings. The van der Waals surface area contributed by atoms with Crippen molar-refractivity contribution in [2.45, 2.75) is 18.7 Å². The normalized spacial score (nSPS) is 10.7. The number of nitrogens with zero attached hydrogens (tertiary/aromatic N) is 3. The van der Waals surface area contributed by atoms with E-state index in [2.05, 4.69) is 15.0 Å². The van der Waals surface area contributed by atoms with E-state index in [-0.39, 0.29) is 24.2 Å². The van der Waals surface area contributed by atoms with E-state index in [4.69, 9.17) is 15.0 Å². The molecule has 12 heteroatoms. The molecule has 3 rings (SSSR count). The predicted molar refractivity (Wildman–Crippen MR) is 97.9 cm³/mol. The van der Waals surface area contributed by atoms with E-state index in [0.717, 1.165) is 0 Å². The standard InChI is InChI=1S/C11H10FN3O4S.C5H5NOS/c1-7-13-10(15-11(14-7)20(16,17)18)6-19-9-4-2-8(12)3-5-9;6-5(7)4-2-1-3-8-4/h2-5H,6H2,1H3,(H,16,17,18);1-3H,(H2,6,7). The number of primary amides is 1. The average molecular weight is 426 g/mol. The summed E-state index contributed by atoms with van der Waals surface area (Å²) in [6.07, 6.45) is 0. The van der Waals surface area contributed by atoms with Gasteiger partial charge in [0.2, 0.25) is 0 Å². The molecule has 0 unspecified atom stereocenters. The average Bonchev–Trinajstić information content (AvgIpc) is 3.16. The maximum Gasteiger partial charge on any atom is 0.330 e. The second-order valence-electron chi connectivity index (χ2n) is 5.14. The van der Waals surface area contributed by atoms with Crippen molar-refractivity contribution < 1.29 is 26.9 Å². The molecule has 0 atom stereocenters. The van der Waals surface area contributed by atoms with Gasteiger partial charge in [0.1, 0.15) is 24.0 Å². The number of hydrogen-bond acceptors (Lipinski definition) is 8. The molecule has 0 aliphatic rings. The van der Waals surface area contributed by atoms with Crippen LogP contribution < -0.4 is 10.5 Å². The zero-order chi connectivity index (χ0) is 20.7. The van der Waals surface area contributed by atoms with E-state index in [1.807, 2.05) is 5.38 Å². The Hall–Kier alpha value is -2.96. The molecule has 3 N–H and O–H groups in total. The number of rotatable bonds is 5. The van der Waals surface area contributed by atoms with E-state index < -0.39 is 21.1 Å². The molecule has 3 aromatic rings. The van der Waals surface area contributed by atoms with Crippen LogP contribution in [0.15, 0.2) is 46.9 Å². The summed E-state index contributed by atoms with van der Waals surface area (Å²) in [6.45, 7) is 1.31. The summed E-state index contributed by atoms with van der Waals surface area (Å²) in [5.74, 6) is -0.209. The number of benzene rings is 1. The third kappa shape index (κ3) is 6.64. The fourth-order valence-corrected chi connectivity index (χ4v) is 2.83. The summed E-state index contributed by atoms with van der Waals surface area (Å²) in [6, 6.07) is 8.76. The minimum atomic E-state index is -4.50. The topological polar surface area (TPSA) is 145 Å². The van der Waals surface area contributed by atoms with Crippen LogP contribution in [0.2, 0.25) is 0 Å². The van der Waals surface area contributed by atoms with Gasteiger partial charge in [-0.25, -0.2) is 14.4 Å². The fraction of sp³-hybridized carbons (Fsp3) is 0.125. The van der Waals surface area contributed by atoms with Crippen LogP contribution in [-0.2, 0) is 16.7 Å². The van der Waals surface area contributed by atoms with E-state index >= 15 is 0 Å². The highest BCUT2D eigenvalue weighted by Gasteiger charge is 2.16. The summed E-state index contributed by atoms with van der Waals surface area (Å²) < 4.78 is 48.8. The molecule has 0 spiro atoms. The first-order valence-corrected chi connectivity index (χ1v) is 9.88. The third-order valence-corrected chi connectivity index (χ3v) is 4.48. The van der Waals surface area contributed by atoms with E-state index in [0.29, 0.717) is 10.6 Å². The fourth-order valence-electron chi connectivity index (χ4n) is 1.79. The van der Waals surface area contributed by atoms with E-state index in [1.54, 1.807) is 12.1 Å². The molecular weight excluding hydrogens is 411 g/mol. The molecule has 1 amide bonds. The Morgan fingerprint density at radius 1 is 1.21 bits per heavy atom. The molecule has 1 aromatic carbocycles. The van der Waals surface area contributed by atoms with Crippen molar-refractivity contribution >= 4 is 27.4 Å². The number of amides is 1. The number of carbonyl (C=O) groups is 1. The zero-order valence-electron chi connectivity index (χ0n) is 14.4. The number of halogens is 1. The minimum absolute atomic E-state index is 0.0365. The van der Waals surface area contributed by atoms with Crippen molar-refractivity contribution in [2.75, 3.05) is 0 Å². The largest absolute Gasteiger partial charge is 0.486 e. The monoisotopic (exact) mass is 426 g/mol.